The molecule has 3 aromatic rings. The molecule has 2 unspecified atom stereocenters. The van der Waals surface area contributed by atoms with Crippen LogP contribution in [0, 0.1) is 5.82 Å². The number of nitrogens with zero attached hydrogens (tertiary/aromatic N) is 1. The van der Waals surface area contributed by atoms with Gasteiger partial charge in [0, 0.05) is 35.4 Å². The number of ether oxygens (including phenoxy) is 2. The maximum absolute atomic E-state index is 13.9. The molecule has 4 rings (SSSR count). The Morgan fingerprint density at radius 2 is 1.62 bits per heavy atom. The van der Waals surface area contributed by atoms with Crippen molar-refractivity contribution in [3.63, 3.8) is 0 Å². The second-order valence-corrected chi connectivity index (χ2v) is 9.14. The zero-order valence-corrected chi connectivity index (χ0v) is 21.1. The molecule has 0 aliphatic heterocycles. The number of anilines is 1. The monoisotopic (exact) mass is 505 g/mol. The van der Waals surface area contributed by atoms with Crippen LogP contribution in [0.15, 0.2) is 66.7 Å². The van der Waals surface area contributed by atoms with E-state index in [-0.39, 0.29) is 30.4 Å². The summed E-state index contributed by atoms with van der Waals surface area (Å²) in [5, 5.41) is 2.91. The molecular weight excluding hydrogens is 473 g/mol. The van der Waals surface area contributed by atoms with Crippen LogP contribution in [0.3, 0.4) is 0 Å². The summed E-state index contributed by atoms with van der Waals surface area (Å²) in [5.74, 6) is 0.0506. The molecule has 3 N–H and O–H groups in total. The molecule has 37 heavy (non-hydrogen) atoms. The summed E-state index contributed by atoms with van der Waals surface area (Å²) >= 11 is 0. The minimum Gasteiger partial charge on any atom is -0.493 e. The minimum absolute atomic E-state index is 0.154. The molecule has 1 saturated carbocycles. The van der Waals surface area contributed by atoms with Crippen LogP contribution in [0.4, 0.5) is 10.1 Å². The largest absolute Gasteiger partial charge is 0.493 e. The molecule has 1 fully saturated rings. The highest BCUT2D eigenvalue weighted by molar-refractivity contribution is 6.04. The van der Waals surface area contributed by atoms with Crippen LogP contribution in [0.2, 0.25) is 0 Å². The number of para-hydroxylation sites is 1. The average molecular weight is 506 g/mol. The standard InChI is InChI=1S/C29H32FN3O4/c1-36-26-16-13-20(17-27(26)37-2)29(35)33(25-10-6-4-8-23(25)31)18-21-7-3-5-9-24(21)32-28(34)19-11-14-22(30)15-12-19/h3,5,7,9,11-17,23,25H,4,6,8,10,18,31H2,1-2H3,(H,32,34). The molecule has 7 nitrogen and oxygen atoms in total. The van der Waals surface area contributed by atoms with Gasteiger partial charge in [0.25, 0.3) is 11.8 Å². The van der Waals surface area contributed by atoms with Gasteiger partial charge in [-0.3, -0.25) is 9.59 Å². The summed E-state index contributed by atoms with van der Waals surface area (Å²) in [6.07, 6.45) is 3.64. The second-order valence-electron chi connectivity index (χ2n) is 9.14. The summed E-state index contributed by atoms with van der Waals surface area (Å²) in [6, 6.07) is 17.5. The topological polar surface area (TPSA) is 93.9 Å². The van der Waals surface area contributed by atoms with Gasteiger partial charge in [-0.1, -0.05) is 31.0 Å². The number of hydrogen-bond acceptors (Lipinski definition) is 5. The predicted molar refractivity (Wildman–Crippen MR) is 140 cm³/mol. The third-order valence-corrected chi connectivity index (χ3v) is 6.79. The van der Waals surface area contributed by atoms with E-state index in [9.17, 15) is 14.0 Å². The first-order valence-corrected chi connectivity index (χ1v) is 12.3. The molecule has 8 heteroatoms. The Kier molecular flexibility index (Phi) is 8.40. The number of carbonyl (C=O) groups excluding carboxylic acids is 2. The van der Waals surface area contributed by atoms with E-state index < -0.39 is 5.82 Å². The lowest BCUT2D eigenvalue weighted by Crippen LogP contribution is -2.51. The number of nitrogens with one attached hydrogen (secondary N) is 1. The molecule has 3 aromatic carbocycles. The van der Waals surface area contributed by atoms with Crippen LogP contribution < -0.4 is 20.5 Å². The highest BCUT2D eigenvalue weighted by atomic mass is 19.1. The zero-order valence-electron chi connectivity index (χ0n) is 21.1. The summed E-state index contributed by atoms with van der Waals surface area (Å²) in [7, 11) is 3.07. The van der Waals surface area contributed by atoms with Crippen molar-refractivity contribution in [2.75, 3.05) is 19.5 Å². The average Bonchev–Trinajstić information content (AvgIpc) is 2.92. The van der Waals surface area contributed by atoms with Crippen molar-refractivity contribution in [3.05, 3.63) is 89.2 Å². The Bertz CT molecular complexity index is 1250. The van der Waals surface area contributed by atoms with Crippen LogP contribution in [-0.4, -0.2) is 43.0 Å². The summed E-state index contributed by atoms with van der Waals surface area (Å²) < 4.78 is 24.0. The van der Waals surface area contributed by atoms with Gasteiger partial charge in [0.2, 0.25) is 0 Å². The Morgan fingerprint density at radius 3 is 2.32 bits per heavy atom. The lowest BCUT2D eigenvalue weighted by atomic mass is 9.89. The van der Waals surface area contributed by atoms with Crippen molar-refractivity contribution in [1.29, 1.82) is 0 Å². The van der Waals surface area contributed by atoms with Crippen LogP contribution >= 0.6 is 0 Å². The van der Waals surface area contributed by atoms with E-state index in [1.54, 1.807) is 36.3 Å². The molecule has 0 saturated heterocycles. The molecule has 0 bridgehead atoms. The Morgan fingerprint density at radius 1 is 0.946 bits per heavy atom. The van der Waals surface area contributed by atoms with Crippen LogP contribution in [0.25, 0.3) is 0 Å². The van der Waals surface area contributed by atoms with Gasteiger partial charge in [0.1, 0.15) is 5.82 Å². The lowest BCUT2D eigenvalue weighted by Gasteiger charge is -2.39. The van der Waals surface area contributed by atoms with Gasteiger partial charge in [-0.05, 0) is 66.9 Å². The maximum Gasteiger partial charge on any atom is 0.255 e. The van der Waals surface area contributed by atoms with E-state index >= 15 is 0 Å². The van der Waals surface area contributed by atoms with Crippen molar-refractivity contribution < 1.29 is 23.5 Å². The number of benzene rings is 3. The smallest absolute Gasteiger partial charge is 0.255 e. The van der Waals surface area contributed by atoms with Crippen molar-refractivity contribution in [2.24, 2.45) is 5.73 Å². The molecule has 0 aromatic heterocycles. The first-order valence-electron chi connectivity index (χ1n) is 12.3. The van der Waals surface area contributed by atoms with Crippen LogP contribution in [0.5, 0.6) is 11.5 Å². The summed E-state index contributed by atoms with van der Waals surface area (Å²) in [4.78, 5) is 28.5. The molecule has 0 heterocycles. The van der Waals surface area contributed by atoms with Gasteiger partial charge in [0.05, 0.1) is 14.2 Å². The fourth-order valence-corrected chi connectivity index (χ4v) is 4.76. The molecule has 0 spiro atoms. The van der Waals surface area contributed by atoms with E-state index in [2.05, 4.69) is 5.32 Å². The van der Waals surface area contributed by atoms with E-state index in [1.807, 2.05) is 18.2 Å². The Balaban J connectivity index is 1.65. The van der Waals surface area contributed by atoms with Gasteiger partial charge in [-0.25, -0.2) is 4.39 Å². The van der Waals surface area contributed by atoms with Gasteiger partial charge in [-0.15, -0.1) is 0 Å². The molecule has 2 atom stereocenters. The number of methoxy groups -OCH3 is 2. The second kappa shape index (κ2) is 11.9. The number of carbonyl (C=O) groups is 2. The number of halogens is 1. The predicted octanol–water partition coefficient (Wildman–Crippen LogP) is 5.01. The van der Waals surface area contributed by atoms with Gasteiger partial charge < -0.3 is 25.4 Å². The fraction of sp³-hybridized carbons (Fsp3) is 0.310. The van der Waals surface area contributed by atoms with Crippen molar-refractivity contribution in [1.82, 2.24) is 4.90 Å². The Labute approximate surface area is 216 Å². The van der Waals surface area contributed by atoms with Gasteiger partial charge >= 0.3 is 0 Å². The minimum atomic E-state index is -0.412. The SMILES string of the molecule is COc1ccc(C(=O)N(Cc2ccccc2NC(=O)c2ccc(F)cc2)C2CCCCC2N)cc1OC. The molecule has 2 amide bonds. The highest BCUT2D eigenvalue weighted by Gasteiger charge is 2.32. The van der Waals surface area contributed by atoms with Crippen molar-refractivity contribution in [2.45, 2.75) is 44.3 Å². The maximum atomic E-state index is 13.9. The summed E-state index contributed by atoms with van der Waals surface area (Å²) in [6.45, 7) is 0.255. The fourth-order valence-electron chi connectivity index (χ4n) is 4.76. The van der Waals surface area contributed by atoms with Crippen LogP contribution in [0.1, 0.15) is 52.0 Å². The zero-order chi connectivity index (χ0) is 26.4. The van der Waals surface area contributed by atoms with E-state index in [1.165, 1.54) is 31.4 Å². The van der Waals surface area contributed by atoms with E-state index in [4.69, 9.17) is 15.2 Å². The van der Waals surface area contributed by atoms with E-state index in [0.29, 0.717) is 28.3 Å². The normalized spacial score (nSPS) is 17.1. The third kappa shape index (κ3) is 6.09. The Hall–Kier alpha value is -3.91. The van der Waals surface area contributed by atoms with Gasteiger partial charge in [-0.2, -0.15) is 0 Å². The summed E-state index contributed by atoms with van der Waals surface area (Å²) in [5.41, 5.74) is 8.66. The first-order chi connectivity index (χ1) is 17.9. The third-order valence-electron chi connectivity index (χ3n) is 6.79. The van der Waals surface area contributed by atoms with Crippen molar-refractivity contribution >= 4 is 17.5 Å². The number of hydrogen-bond donors (Lipinski definition) is 2. The first kappa shape index (κ1) is 26.2. The number of amides is 2. The lowest BCUT2D eigenvalue weighted by molar-refractivity contribution is 0.0584. The number of rotatable bonds is 8. The molecule has 1 aliphatic rings. The molecule has 0 radical (unpaired) electrons. The molecule has 194 valence electrons. The van der Waals surface area contributed by atoms with Gasteiger partial charge in [0.15, 0.2) is 11.5 Å². The number of nitrogens with two attached hydrogens (primary N) is 1. The van der Waals surface area contributed by atoms with Crippen LogP contribution in [-0.2, 0) is 6.54 Å². The highest BCUT2D eigenvalue weighted by Crippen LogP contribution is 2.31. The molecular formula is C29H32FN3O4. The van der Waals surface area contributed by atoms with E-state index in [0.717, 1.165) is 31.2 Å². The van der Waals surface area contributed by atoms with Crippen molar-refractivity contribution in [3.8, 4) is 11.5 Å². The quantitative estimate of drug-likeness (QED) is 0.449. The molecule has 1 aliphatic carbocycles.